The van der Waals surface area contributed by atoms with Gasteiger partial charge in [0.1, 0.15) is 0 Å². The molecule has 0 aliphatic heterocycles. The topological polar surface area (TPSA) is 58.6 Å². The Morgan fingerprint density at radius 1 is 1.40 bits per heavy atom. The van der Waals surface area contributed by atoms with E-state index in [-0.39, 0.29) is 24.8 Å². The third kappa shape index (κ3) is 6.68. The van der Waals surface area contributed by atoms with Crippen molar-refractivity contribution in [2.24, 2.45) is 0 Å². The van der Waals surface area contributed by atoms with Gasteiger partial charge in [-0.1, -0.05) is 22.0 Å². The minimum absolute atomic E-state index is 0.116. The zero-order valence-corrected chi connectivity index (χ0v) is 13.3. The summed E-state index contributed by atoms with van der Waals surface area (Å²) in [6.45, 7) is 2.87. The number of rotatable bonds is 7. The van der Waals surface area contributed by atoms with Crippen LogP contribution >= 0.6 is 15.9 Å². The van der Waals surface area contributed by atoms with Crippen LogP contribution in [-0.4, -0.2) is 43.5 Å². The maximum atomic E-state index is 11.8. The maximum absolute atomic E-state index is 11.8. The van der Waals surface area contributed by atoms with Gasteiger partial charge >= 0.3 is 5.97 Å². The Hall–Kier alpha value is -1.40. The molecule has 0 saturated carbocycles. The van der Waals surface area contributed by atoms with E-state index in [4.69, 9.17) is 4.74 Å². The van der Waals surface area contributed by atoms with E-state index in [1.165, 1.54) is 0 Å². The molecule has 0 atom stereocenters. The minimum atomic E-state index is -0.244. The van der Waals surface area contributed by atoms with E-state index >= 15 is 0 Å². The Morgan fingerprint density at radius 2 is 2.15 bits per heavy atom. The van der Waals surface area contributed by atoms with Crippen molar-refractivity contribution in [1.29, 1.82) is 0 Å². The number of ether oxygens (including phenoxy) is 1. The summed E-state index contributed by atoms with van der Waals surface area (Å²) in [6.07, 6.45) is 0.286. The number of hydrogen-bond acceptors (Lipinski definition) is 4. The van der Waals surface area contributed by atoms with Crippen LogP contribution in [0.15, 0.2) is 28.7 Å². The fourth-order valence-electron chi connectivity index (χ4n) is 1.61. The highest BCUT2D eigenvalue weighted by atomic mass is 79.9. The van der Waals surface area contributed by atoms with Gasteiger partial charge in [-0.05, 0) is 32.2 Å². The van der Waals surface area contributed by atoms with Gasteiger partial charge in [0.2, 0.25) is 5.91 Å². The molecule has 0 heterocycles. The van der Waals surface area contributed by atoms with Crippen LogP contribution in [0.3, 0.4) is 0 Å². The molecule has 0 spiro atoms. The second kappa shape index (κ2) is 8.71. The molecule has 5 nitrogen and oxygen atoms in total. The Labute approximate surface area is 127 Å². The molecule has 20 heavy (non-hydrogen) atoms. The molecule has 1 N–H and O–H groups in total. The molecule has 1 aromatic rings. The van der Waals surface area contributed by atoms with Crippen LogP contribution in [0.2, 0.25) is 0 Å². The van der Waals surface area contributed by atoms with Crippen molar-refractivity contribution >= 4 is 33.5 Å². The predicted octanol–water partition coefficient (Wildman–Crippen LogP) is 2.27. The summed E-state index contributed by atoms with van der Waals surface area (Å²) >= 11 is 3.35. The Morgan fingerprint density at radius 3 is 2.80 bits per heavy atom. The van der Waals surface area contributed by atoms with Gasteiger partial charge in [0.15, 0.2) is 0 Å². The summed E-state index contributed by atoms with van der Waals surface area (Å²) in [4.78, 5) is 24.8. The Balaban J connectivity index is 2.33. The van der Waals surface area contributed by atoms with Gasteiger partial charge in [0.05, 0.1) is 19.6 Å². The Bertz CT molecular complexity index is 465. The highest BCUT2D eigenvalue weighted by Crippen LogP contribution is 2.15. The zero-order valence-electron chi connectivity index (χ0n) is 11.7. The normalized spacial score (nSPS) is 10.4. The molecule has 0 fully saturated rings. The molecule has 0 aliphatic carbocycles. The van der Waals surface area contributed by atoms with Crippen molar-refractivity contribution in [3.05, 3.63) is 28.7 Å². The van der Waals surface area contributed by atoms with E-state index in [9.17, 15) is 9.59 Å². The number of anilines is 1. The summed E-state index contributed by atoms with van der Waals surface area (Å²) in [5, 5.41) is 2.80. The third-order valence-electron chi connectivity index (χ3n) is 2.52. The summed E-state index contributed by atoms with van der Waals surface area (Å²) in [7, 11) is 1.79. The van der Waals surface area contributed by atoms with Gasteiger partial charge in [-0.15, -0.1) is 0 Å². The number of esters is 1. The van der Waals surface area contributed by atoms with Crippen molar-refractivity contribution < 1.29 is 14.3 Å². The quantitative estimate of drug-likeness (QED) is 0.772. The highest BCUT2D eigenvalue weighted by molar-refractivity contribution is 9.10. The van der Waals surface area contributed by atoms with Crippen molar-refractivity contribution in [3.8, 4) is 0 Å². The van der Waals surface area contributed by atoms with Crippen LogP contribution in [-0.2, 0) is 14.3 Å². The second-order valence-electron chi connectivity index (χ2n) is 4.35. The van der Waals surface area contributed by atoms with E-state index in [1.807, 2.05) is 24.3 Å². The molecule has 1 aromatic carbocycles. The lowest BCUT2D eigenvalue weighted by Crippen LogP contribution is -2.32. The van der Waals surface area contributed by atoms with Crippen LogP contribution in [0.5, 0.6) is 0 Å². The lowest BCUT2D eigenvalue weighted by Gasteiger charge is -2.15. The number of halogens is 1. The van der Waals surface area contributed by atoms with Gasteiger partial charge in [0.25, 0.3) is 0 Å². The van der Waals surface area contributed by atoms with Crippen LogP contribution in [0.4, 0.5) is 5.69 Å². The lowest BCUT2D eigenvalue weighted by atomic mass is 10.3. The second-order valence-corrected chi connectivity index (χ2v) is 5.27. The highest BCUT2D eigenvalue weighted by Gasteiger charge is 2.09. The zero-order chi connectivity index (χ0) is 15.0. The van der Waals surface area contributed by atoms with Gasteiger partial charge in [0, 0.05) is 16.7 Å². The number of nitrogens with one attached hydrogen (secondary N) is 1. The van der Waals surface area contributed by atoms with Crippen molar-refractivity contribution in [2.45, 2.75) is 13.3 Å². The van der Waals surface area contributed by atoms with Crippen LogP contribution in [0, 0.1) is 0 Å². The molecular formula is C14H19BrN2O3. The van der Waals surface area contributed by atoms with Gasteiger partial charge < -0.3 is 10.1 Å². The van der Waals surface area contributed by atoms with Crippen LogP contribution in [0.1, 0.15) is 13.3 Å². The van der Waals surface area contributed by atoms with E-state index in [0.29, 0.717) is 13.2 Å². The minimum Gasteiger partial charge on any atom is -0.466 e. The number of nitrogens with zero attached hydrogens (tertiary/aromatic N) is 1. The number of likely N-dealkylation sites (N-methyl/N-ethyl adjacent to an activating group) is 1. The number of benzene rings is 1. The SMILES string of the molecule is CCOC(=O)CCN(C)CC(=O)Nc1cccc(Br)c1. The lowest BCUT2D eigenvalue weighted by molar-refractivity contribution is -0.143. The summed E-state index contributed by atoms with van der Waals surface area (Å²) in [5.74, 6) is -0.360. The van der Waals surface area contributed by atoms with Gasteiger partial charge in [-0.3, -0.25) is 14.5 Å². The smallest absolute Gasteiger partial charge is 0.307 e. The average Bonchev–Trinajstić information content (AvgIpc) is 2.36. The van der Waals surface area contributed by atoms with E-state index in [1.54, 1.807) is 18.9 Å². The van der Waals surface area contributed by atoms with E-state index in [0.717, 1.165) is 10.2 Å². The van der Waals surface area contributed by atoms with Crippen LogP contribution in [0.25, 0.3) is 0 Å². The first kappa shape index (κ1) is 16.7. The summed E-state index contributed by atoms with van der Waals surface area (Å²) in [6, 6.07) is 7.39. The molecule has 0 unspecified atom stereocenters. The molecule has 110 valence electrons. The van der Waals surface area contributed by atoms with E-state index < -0.39 is 0 Å². The van der Waals surface area contributed by atoms with E-state index in [2.05, 4.69) is 21.2 Å². The first-order chi connectivity index (χ1) is 9.51. The average molecular weight is 343 g/mol. The molecule has 6 heteroatoms. The van der Waals surface area contributed by atoms with Gasteiger partial charge in [-0.2, -0.15) is 0 Å². The maximum Gasteiger partial charge on any atom is 0.307 e. The summed E-state index contributed by atoms with van der Waals surface area (Å²) in [5.41, 5.74) is 0.739. The molecule has 0 saturated heterocycles. The van der Waals surface area contributed by atoms with Crippen molar-refractivity contribution in [1.82, 2.24) is 4.90 Å². The third-order valence-corrected chi connectivity index (χ3v) is 3.02. The monoisotopic (exact) mass is 342 g/mol. The first-order valence-electron chi connectivity index (χ1n) is 6.41. The first-order valence-corrected chi connectivity index (χ1v) is 7.20. The van der Waals surface area contributed by atoms with Crippen molar-refractivity contribution in [2.75, 3.05) is 32.1 Å². The molecule has 0 radical (unpaired) electrons. The standard InChI is InChI=1S/C14H19BrN2O3/c1-3-20-14(19)7-8-17(2)10-13(18)16-12-6-4-5-11(15)9-12/h4-6,9H,3,7-8,10H2,1-2H3,(H,16,18). The number of hydrogen-bond donors (Lipinski definition) is 1. The number of amides is 1. The van der Waals surface area contributed by atoms with Crippen molar-refractivity contribution in [3.63, 3.8) is 0 Å². The fourth-order valence-corrected chi connectivity index (χ4v) is 2.01. The molecule has 1 rings (SSSR count). The van der Waals surface area contributed by atoms with Gasteiger partial charge in [-0.25, -0.2) is 0 Å². The largest absolute Gasteiger partial charge is 0.466 e. The Kier molecular flexibility index (Phi) is 7.25. The number of carbonyl (C=O) groups excluding carboxylic acids is 2. The number of carbonyl (C=O) groups is 2. The molecule has 0 aliphatic rings. The fraction of sp³-hybridized carbons (Fsp3) is 0.429. The molecular weight excluding hydrogens is 324 g/mol. The van der Waals surface area contributed by atoms with Crippen LogP contribution < -0.4 is 5.32 Å². The molecule has 0 aromatic heterocycles. The molecule has 1 amide bonds. The summed E-state index contributed by atoms with van der Waals surface area (Å²) < 4.78 is 5.74. The molecule has 0 bridgehead atoms. The predicted molar refractivity (Wildman–Crippen MR) is 81.5 cm³/mol.